The lowest BCUT2D eigenvalue weighted by molar-refractivity contribution is 0.0425. The number of carbonyl (C=O) groups is 1. The van der Waals surface area contributed by atoms with Crippen LogP contribution in [0.25, 0.3) is 0 Å². The third kappa shape index (κ3) is 4.15. The first kappa shape index (κ1) is 17.4. The molecule has 134 valence electrons. The van der Waals surface area contributed by atoms with Crippen LogP contribution < -0.4 is 4.74 Å². The predicted octanol–water partition coefficient (Wildman–Crippen LogP) is 3.52. The van der Waals surface area contributed by atoms with E-state index in [9.17, 15) is 13.6 Å². The van der Waals surface area contributed by atoms with Crippen molar-refractivity contribution >= 4 is 5.91 Å². The van der Waals surface area contributed by atoms with E-state index in [0.29, 0.717) is 24.4 Å². The molecule has 1 fully saturated rings. The maximum absolute atomic E-state index is 12.9. The normalized spacial score (nSPS) is 17.8. The molecule has 1 aromatic carbocycles. The van der Waals surface area contributed by atoms with E-state index in [1.807, 2.05) is 31.2 Å². The van der Waals surface area contributed by atoms with Gasteiger partial charge in [-0.1, -0.05) is 12.1 Å². The molecule has 0 bridgehead atoms. The maximum Gasteiger partial charge on any atom is 0.333 e. The summed E-state index contributed by atoms with van der Waals surface area (Å²) >= 11 is 0. The van der Waals surface area contributed by atoms with Crippen molar-refractivity contribution in [3.63, 3.8) is 0 Å². The summed E-state index contributed by atoms with van der Waals surface area (Å²) in [5.74, 6) is 0.582. The fourth-order valence-corrected chi connectivity index (χ4v) is 3.11. The molecule has 25 heavy (non-hydrogen) atoms. The van der Waals surface area contributed by atoms with Crippen molar-refractivity contribution in [2.45, 2.75) is 26.3 Å². The summed E-state index contributed by atoms with van der Waals surface area (Å²) in [4.78, 5) is 14.2. The zero-order valence-electron chi connectivity index (χ0n) is 14.1. The fraction of sp³-hybridized carbons (Fsp3) is 0.444. The second-order valence-corrected chi connectivity index (χ2v) is 6.33. The fourth-order valence-electron chi connectivity index (χ4n) is 3.11. The lowest BCUT2D eigenvalue weighted by Crippen LogP contribution is -2.42. The van der Waals surface area contributed by atoms with E-state index in [0.717, 1.165) is 24.2 Å². The molecule has 1 aromatic heterocycles. The van der Waals surface area contributed by atoms with Gasteiger partial charge in [-0.25, -0.2) is 0 Å². The van der Waals surface area contributed by atoms with Crippen LogP contribution in [-0.4, -0.2) is 40.3 Å². The van der Waals surface area contributed by atoms with Crippen LogP contribution in [0.2, 0.25) is 0 Å². The quantitative estimate of drug-likeness (QED) is 0.830. The number of alkyl halides is 2. The number of benzene rings is 1. The van der Waals surface area contributed by atoms with Gasteiger partial charge in [-0.15, -0.1) is 0 Å². The minimum absolute atomic E-state index is 0.0738. The zero-order valence-corrected chi connectivity index (χ0v) is 14.1. The Kier molecular flexibility index (Phi) is 5.31. The molecule has 0 saturated carbocycles. The van der Waals surface area contributed by atoms with Gasteiger partial charge < -0.3 is 9.64 Å². The maximum atomic E-state index is 12.9. The van der Waals surface area contributed by atoms with E-state index in [-0.39, 0.29) is 11.6 Å². The lowest BCUT2D eigenvalue weighted by atomic mass is 9.98. The summed E-state index contributed by atoms with van der Waals surface area (Å²) in [7, 11) is 0. The Morgan fingerprint density at radius 3 is 3.00 bits per heavy atom. The molecular weight excluding hydrogens is 328 g/mol. The molecule has 0 N–H and O–H groups in total. The Bertz CT molecular complexity index is 733. The molecule has 5 nitrogen and oxygen atoms in total. The number of aryl methyl sites for hydroxylation is 1. The highest BCUT2D eigenvalue weighted by molar-refractivity contribution is 5.92. The molecule has 0 aliphatic carbocycles. The Labute approximate surface area is 145 Å². The Morgan fingerprint density at radius 1 is 1.40 bits per heavy atom. The number of nitrogens with zero attached hydrogens (tertiary/aromatic N) is 3. The molecule has 1 saturated heterocycles. The van der Waals surface area contributed by atoms with Crippen LogP contribution in [0.15, 0.2) is 36.5 Å². The van der Waals surface area contributed by atoms with Gasteiger partial charge in [-0.05, 0) is 43.5 Å². The molecule has 3 rings (SSSR count). The number of amides is 1. The average molecular weight is 349 g/mol. The van der Waals surface area contributed by atoms with Gasteiger partial charge in [0.15, 0.2) is 0 Å². The summed E-state index contributed by atoms with van der Waals surface area (Å²) in [6, 6.07) is 9.14. The second-order valence-electron chi connectivity index (χ2n) is 6.33. The van der Waals surface area contributed by atoms with Crippen molar-refractivity contribution in [3.8, 4) is 5.75 Å². The van der Waals surface area contributed by atoms with E-state index < -0.39 is 12.5 Å². The van der Waals surface area contributed by atoms with Crippen LogP contribution in [0.3, 0.4) is 0 Å². The molecule has 1 aliphatic heterocycles. The van der Waals surface area contributed by atoms with Gasteiger partial charge in [0.2, 0.25) is 0 Å². The van der Waals surface area contributed by atoms with Crippen LogP contribution in [-0.2, 0) is 0 Å². The first-order valence-electron chi connectivity index (χ1n) is 8.35. The van der Waals surface area contributed by atoms with E-state index in [4.69, 9.17) is 4.74 Å². The number of aromatic nitrogens is 2. The molecular formula is C18H21F2N3O2. The van der Waals surface area contributed by atoms with Gasteiger partial charge in [-0.2, -0.15) is 18.6 Å². The Hall–Kier alpha value is -2.44. The molecule has 1 amide bonds. The number of hydrogen-bond acceptors (Lipinski definition) is 3. The monoisotopic (exact) mass is 349 g/mol. The van der Waals surface area contributed by atoms with Crippen molar-refractivity contribution < 1.29 is 18.3 Å². The van der Waals surface area contributed by atoms with Gasteiger partial charge in [0, 0.05) is 25.2 Å². The van der Waals surface area contributed by atoms with Gasteiger partial charge in [0.25, 0.3) is 5.91 Å². The Morgan fingerprint density at radius 2 is 2.24 bits per heavy atom. The third-order valence-electron chi connectivity index (χ3n) is 4.36. The van der Waals surface area contributed by atoms with Gasteiger partial charge >= 0.3 is 6.55 Å². The number of ether oxygens (including phenoxy) is 1. The first-order chi connectivity index (χ1) is 12.0. The van der Waals surface area contributed by atoms with Crippen molar-refractivity contribution in [1.82, 2.24) is 14.7 Å². The van der Waals surface area contributed by atoms with E-state index in [1.165, 1.54) is 12.3 Å². The molecule has 0 radical (unpaired) electrons. The minimum atomic E-state index is -2.82. The minimum Gasteiger partial charge on any atom is -0.493 e. The highest BCUT2D eigenvalue weighted by atomic mass is 19.3. The topological polar surface area (TPSA) is 47.4 Å². The van der Waals surface area contributed by atoms with E-state index >= 15 is 0 Å². The van der Waals surface area contributed by atoms with Crippen LogP contribution in [0.5, 0.6) is 5.75 Å². The molecule has 1 unspecified atom stereocenters. The van der Waals surface area contributed by atoms with Gasteiger partial charge in [0.05, 0.1) is 6.61 Å². The smallest absolute Gasteiger partial charge is 0.333 e. The number of hydrogen-bond donors (Lipinski definition) is 0. The number of rotatable bonds is 5. The molecule has 2 aromatic rings. The summed E-state index contributed by atoms with van der Waals surface area (Å²) in [6.07, 6.45) is 3.00. The highest BCUT2D eigenvalue weighted by Gasteiger charge is 2.28. The Balaban J connectivity index is 1.61. The summed E-state index contributed by atoms with van der Waals surface area (Å²) in [5.41, 5.74) is 1.05. The number of piperidine rings is 1. The standard InChI is InChI=1S/C18H21F2N3O2/c1-13-4-2-6-15(10-13)25-12-14-5-3-9-22(11-14)17(24)16-7-8-21-23(16)18(19)20/h2,4,6-8,10,14,18H,3,5,9,11-12H2,1H3. The van der Waals surface area contributed by atoms with Crippen LogP contribution in [0.1, 0.15) is 35.4 Å². The molecule has 1 aliphatic rings. The predicted molar refractivity (Wildman–Crippen MR) is 88.8 cm³/mol. The number of halogens is 2. The van der Waals surface area contributed by atoms with Crippen molar-refractivity contribution in [1.29, 1.82) is 0 Å². The zero-order chi connectivity index (χ0) is 17.8. The van der Waals surface area contributed by atoms with E-state index in [2.05, 4.69) is 5.10 Å². The van der Waals surface area contributed by atoms with Gasteiger partial charge in [0.1, 0.15) is 11.4 Å². The summed E-state index contributed by atoms with van der Waals surface area (Å²) in [6.45, 7) is 0.744. The molecule has 7 heteroatoms. The SMILES string of the molecule is Cc1cccc(OCC2CCCN(C(=O)c3ccnn3C(F)F)C2)c1. The third-order valence-corrected chi connectivity index (χ3v) is 4.36. The van der Waals surface area contributed by atoms with E-state index in [1.54, 1.807) is 4.90 Å². The largest absolute Gasteiger partial charge is 0.493 e. The van der Waals surface area contributed by atoms with Crippen LogP contribution in [0, 0.1) is 12.8 Å². The van der Waals surface area contributed by atoms with Crippen LogP contribution in [0.4, 0.5) is 8.78 Å². The lowest BCUT2D eigenvalue weighted by Gasteiger charge is -2.32. The highest BCUT2D eigenvalue weighted by Crippen LogP contribution is 2.22. The molecule has 2 heterocycles. The van der Waals surface area contributed by atoms with Crippen molar-refractivity contribution in [2.24, 2.45) is 5.92 Å². The van der Waals surface area contributed by atoms with Gasteiger partial charge in [-0.3, -0.25) is 4.79 Å². The summed E-state index contributed by atoms with van der Waals surface area (Å²) in [5, 5.41) is 3.53. The summed E-state index contributed by atoms with van der Waals surface area (Å²) < 4.78 is 32.1. The second kappa shape index (κ2) is 7.63. The first-order valence-corrected chi connectivity index (χ1v) is 8.35. The van der Waals surface area contributed by atoms with Crippen molar-refractivity contribution in [2.75, 3.05) is 19.7 Å². The number of likely N-dealkylation sites (tertiary alicyclic amines) is 1. The number of carbonyl (C=O) groups excluding carboxylic acids is 1. The van der Waals surface area contributed by atoms with Crippen LogP contribution >= 0.6 is 0 Å². The average Bonchev–Trinajstić information content (AvgIpc) is 3.10. The molecule has 0 spiro atoms. The van der Waals surface area contributed by atoms with Crippen molar-refractivity contribution in [3.05, 3.63) is 47.8 Å². The molecule has 1 atom stereocenters.